The predicted octanol–water partition coefficient (Wildman–Crippen LogP) is 2.93. The molecule has 0 aliphatic heterocycles. The second-order valence-corrected chi connectivity index (χ2v) is 3.01. The first-order valence-corrected chi connectivity index (χ1v) is 5.16. The van der Waals surface area contributed by atoms with E-state index in [1.165, 1.54) is 5.56 Å². The monoisotopic (exact) mass is 198 g/mol. The molecule has 1 aromatic carbocycles. The molecule has 1 aromatic rings. The zero-order chi connectivity index (χ0) is 10.1. The minimum atomic E-state index is 0.266. The first kappa shape index (κ1) is 12.5. The van der Waals surface area contributed by atoms with Crippen molar-refractivity contribution >= 4 is 12.6 Å². The van der Waals surface area contributed by atoms with E-state index in [0.29, 0.717) is 0 Å². The van der Waals surface area contributed by atoms with Crippen molar-refractivity contribution in [1.82, 2.24) is 0 Å². The van der Waals surface area contributed by atoms with Crippen LogP contribution in [0.1, 0.15) is 25.8 Å². The number of thiol groups is 1. The summed E-state index contributed by atoms with van der Waals surface area (Å²) < 4.78 is 0. The molecule has 0 heterocycles. The lowest BCUT2D eigenvalue weighted by molar-refractivity contribution is 0.288. The Bertz CT molecular complexity index is 206. The molecule has 0 aliphatic rings. The van der Waals surface area contributed by atoms with Gasteiger partial charge in [0.15, 0.2) is 0 Å². The molecule has 0 aromatic heterocycles. The van der Waals surface area contributed by atoms with Gasteiger partial charge in [-0.05, 0) is 30.5 Å². The third kappa shape index (κ3) is 5.72. The summed E-state index contributed by atoms with van der Waals surface area (Å²) in [6.07, 6.45) is 1.79. The largest absolute Gasteiger partial charge is 0.396 e. The van der Waals surface area contributed by atoms with Gasteiger partial charge < -0.3 is 5.11 Å². The standard InChI is InChI=1S/C9H12OS.C2H6/c10-7-1-2-8-3-5-9(11)6-4-8;1-2/h3-6,10-11H,1-2,7H2;1-2H3. The molecule has 1 N–H and O–H groups in total. The average Bonchev–Trinajstić information content (AvgIpc) is 2.20. The zero-order valence-corrected chi connectivity index (χ0v) is 9.22. The number of hydrogen-bond acceptors (Lipinski definition) is 2. The highest BCUT2D eigenvalue weighted by Gasteiger charge is 1.90. The topological polar surface area (TPSA) is 20.2 Å². The molecule has 0 atom stereocenters. The number of aliphatic hydroxyl groups is 1. The Balaban J connectivity index is 0.000000671. The molecular weight excluding hydrogens is 180 g/mol. The molecule has 1 rings (SSSR count). The van der Waals surface area contributed by atoms with Crippen molar-refractivity contribution in [1.29, 1.82) is 0 Å². The molecule has 0 fully saturated rings. The van der Waals surface area contributed by atoms with Gasteiger partial charge in [0.05, 0.1) is 0 Å². The van der Waals surface area contributed by atoms with Gasteiger partial charge in [0.2, 0.25) is 0 Å². The van der Waals surface area contributed by atoms with Crippen molar-refractivity contribution < 1.29 is 5.11 Å². The second kappa shape index (κ2) is 8.14. The van der Waals surface area contributed by atoms with Gasteiger partial charge in [0, 0.05) is 11.5 Å². The highest BCUT2D eigenvalue weighted by Crippen LogP contribution is 2.08. The Morgan fingerprint density at radius 3 is 2.15 bits per heavy atom. The van der Waals surface area contributed by atoms with Gasteiger partial charge >= 0.3 is 0 Å². The normalized spacial score (nSPS) is 8.92. The highest BCUT2D eigenvalue weighted by molar-refractivity contribution is 7.80. The van der Waals surface area contributed by atoms with E-state index in [1.807, 2.05) is 38.1 Å². The number of aryl methyl sites for hydroxylation is 1. The molecular formula is C11H18OS. The predicted molar refractivity (Wildman–Crippen MR) is 60.4 cm³/mol. The first-order valence-electron chi connectivity index (χ1n) is 4.71. The summed E-state index contributed by atoms with van der Waals surface area (Å²) in [7, 11) is 0. The molecule has 2 heteroatoms. The Hall–Kier alpha value is -0.470. The van der Waals surface area contributed by atoms with E-state index in [4.69, 9.17) is 5.11 Å². The van der Waals surface area contributed by atoms with Gasteiger partial charge in [-0.2, -0.15) is 0 Å². The smallest absolute Gasteiger partial charge is 0.0434 e. The minimum absolute atomic E-state index is 0.266. The van der Waals surface area contributed by atoms with Crippen LogP contribution in [0.2, 0.25) is 0 Å². The van der Waals surface area contributed by atoms with Crippen LogP contribution in [0.15, 0.2) is 29.2 Å². The van der Waals surface area contributed by atoms with E-state index in [9.17, 15) is 0 Å². The lowest BCUT2D eigenvalue weighted by atomic mass is 10.1. The first-order chi connectivity index (χ1) is 6.33. The molecule has 0 amide bonds. The Morgan fingerprint density at radius 1 is 1.15 bits per heavy atom. The van der Waals surface area contributed by atoms with Crippen LogP contribution in [0.5, 0.6) is 0 Å². The average molecular weight is 198 g/mol. The fraction of sp³-hybridized carbons (Fsp3) is 0.455. The summed E-state index contributed by atoms with van der Waals surface area (Å²) in [6, 6.07) is 8.02. The number of benzene rings is 1. The van der Waals surface area contributed by atoms with E-state index < -0.39 is 0 Å². The van der Waals surface area contributed by atoms with Crippen molar-refractivity contribution in [2.45, 2.75) is 31.6 Å². The van der Waals surface area contributed by atoms with Crippen molar-refractivity contribution in [2.24, 2.45) is 0 Å². The fourth-order valence-electron chi connectivity index (χ4n) is 0.946. The van der Waals surface area contributed by atoms with Gasteiger partial charge in [-0.25, -0.2) is 0 Å². The molecule has 0 saturated heterocycles. The highest BCUT2D eigenvalue weighted by atomic mass is 32.1. The van der Waals surface area contributed by atoms with Gasteiger partial charge in [0.25, 0.3) is 0 Å². The van der Waals surface area contributed by atoms with E-state index in [1.54, 1.807) is 0 Å². The summed E-state index contributed by atoms with van der Waals surface area (Å²) in [6.45, 7) is 4.27. The summed E-state index contributed by atoms with van der Waals surface area (Å²) in [5, 5.41) is 8.57. The maximum atomic E-state index is 8.57. The van der Waals surface area contributed by atoms with Crippen molar-refractivity contribution in [3.8, 4) is 0 Å². The van der Waals surface area contributed by atoms with E-state index in [-0.39, 0.29) is 6.61 Å². The van der Waals surface area contributed by atoms with E-state index in [2.05, 4.69) is 12.6 Å². The van der Waals surface area contributed by atoms with E-state index >= 15 is 0 Å². The van der Waals surface area contributed by atoms with Crippen LogP contribution in [0, 0.1) is 0 Å². The van der Waals surface area contributed by atoms with Crippen molar-refractivity contribution in [2.75, 3.05) is 6.61 Å². The SMILES string of the molecule is CC.OCCCc1ccc(S)cc1. The number of rotatable bonds is 3. The third-order valence-electron chi connectivity index (χ3n) is 1.56. The third-order valence-corrected chi connectivity index (χ3v) is 1.86. The Kier molecular flexibility index (Phi) is 7.85. The van der Waals surface area contributed by atoms with Crippen LogP contribution in [0.4, 0.5) is 0 Å². The number of aliphatic hydroxyl groups excluding tert-OH is 1. The lowest BCUT2D eigenvalue weighted by Gasteiger charge is -1.98. The van der Waals surface area contributed by atoms with Crippen molar-refractivity contribution in [3.63, 3.8) is 0 Å². The van der Waals surface area contributed by atoms with Crippen LogP contribution in [0.3, 0.4) is 0 Å². The Labute approximate surface area is 86.2 Å². The van der Waals surface area contributed by atoms with Gasteiger partial charge in [-0.1, -0.05) is 26.0 Å². The molecule has 0 unspecified atom stereocenters. The molecule has 0 aliphatic carbocycles. The summed E-state index contributed by atoms with van der Waals surface area (Å²) in [5.74, 6) is 0. The van der Waals surface area contributed by atoms with Crippen LogP contribution in [-0.2, 0) is 6.42 Å². The van der Waals surface area contributed by atoms with Crippen LogP contribution in [0.25, 0.3) is 0 Å². The minimum Gasteiger partial charge on any atom is -0.396 e. The summed E-state index contributed by atoms with van der Waals surface area (Å²) >= 11 is 4.17. The maximum Gasteiger partial charge on any atom is 0.0434 e. The quantitative estimate of drug-likeness (QED) is 0.716. The van der Waals surface area contributed by atoms with E-state index in [0.717, 1.165) is 17.7 Å². The zero-order valence-electron chi connectivity index (χ0n) is 8.33. The molecule has 0 radical (unpaired) electrons. The molecule has 1 nitrogen and oxygen atoms in total. The van der Waals surface area contributed by atoms with Crippen molar-refractivity contribution in [3.05, 3.63) is 29.8 Å². The second-order valence-electron chi connectivity index (χ2n) is 2.49. The van der Waals surface area contributed by atoms with Gasteiger partial charge in [-0.15, -0.1) is 12.6 Å². The Morgan fingerprint density at radius 2 is 1.69 bits per heavy atom. The molecule has 0 bridgehead atoms. The summed E-state index contributed by atoms with van der Waals surface area (Å²) in [5.41, 5.74) is 1.26. The van der Waals surface area contributed by atoms with Crippen LogP contribution >= 0.6 is 12.6 Å². The molecule has 0 spiro atoms. The van der Waals surface area contributed by atoms with Crippen LogP contribution in [-0.4, -0.2) is 11.7 Å². The van der Waals surface area contributed by atoms with Gasteiger partial charge in [-0.3, -0.25) is 0 Å². The fourth-order valence-corrected chi connectivity index (χ4v) is 1.09. The maximum absolute atomic E-state index is 8.57. The molecule has 74 valence electrons. The number of hydrogen-bond donors (Lipinski definition) is 2. The van der Waals surface area contributed by atoms with Gasteiger partial charge in [0.1, 0.15) is 0 Å². The molecule has 13 heavy (non-hydrogen) atoms. The van der Waals surface area contributed by atoms with Crippen LogP contribution < -0.4 is 0 Å². The summed E-state index contributed by atoms with van der Waals surface area (Å²) in [4.78, 5) is 0.984. The molecule has 0 saturated carbocycles. The lowest BCUT2D eigenvalue weighted by Crippen LogP contribution is -1.88.